The minimum atomic E-state index is -3.38. The van der Waals surface area contributed by atoms with E-state index in [4.69, 9.17) is 0 Å². The maximum absolute atomic E-state index is 12.6. The lowest BCUT2D eigenvalue weighted by atomic mass is 10.1. The standard InChI is InChI=1S/C14H24N2O2S/c1-5-10-16(6-2)19(17,18)14-9-7-8-13(11-15-4)12(14)3/h7-9,15H,5-6,10-11H2,1-4H3. The Bertz CT molecular complexity index is 512. The number of benzene rings is 1. The third-order valence-corrected chi connectivity index (χ3v) is 5.33. The van der Waals surface area contributed by atoms with E-state index in [0.717, 1.165) is 17.5 Å². The number of hydrogen-bond donors (Lipinski definition) is 1. The molecule has 0 aliphatic heterocycles. The SMILES string of the molecule is CCCN(CC)S(=O)(=O)c1cccc(CNC)c1C. The predicted octanol–water partition coefficient (Wildman–Crippen LogP) is 2.14. The lowest BCUT2D eigenvalue weighted by Crippen LogP contribution is -2.32. The molecule has 0 fully saturated rings. The molecular formula is C14H24N2O2S. The van der Waals surface area contributed by atoms with Crippen molar-refractivity contribution in [1.82, 2.24) is 9.62 Å². The first-order valence-corrected chi connectivity index (χ1v) is 8.16. The fourth-order valence-corrected chi connectivity index (χ4v) is 3.97. The molecular weight excluding hydrogens is 260 g/mol. The minimum absolute atomic E-state index is 0.426. The molecule has 0 saturated carbocycles. The van der Waals surface area contributed by atoms with Gasteiger partial charge in [0.15, 0.2) is 0 Å². The summed E-state index contributed by atoms with van der Waals surface area (Å²) in [5, 5.41) is 3.06. The molecule has 0 spiro atoms. The maximum Gasteiger partial charge on any atom is 0.243 e. The first-order chi connectivity index (χ1) is 8.98. The molecule has 0 heterocycles. The van der Waals surface area contributed by atoms with E-state index in [2.05, 4.69) is 5.32 Å². The predicted molar refractivity (Wildman–Crippen MR) is 78.7 cm³/mol. The van der Waals surface area contributed by atoms with Gasteiger partial charge in [0.25, 0.3) is 0 Å². The lowest BCUT2D eigenvalue weighted by molar-refractivity contribution is 0.426. The molecule has 0 amide bonds. The van der Waals surface area contributed by atoms with Crippen molar-refractivity contribution in [3.63, 3.8) is 0 Å². The van der Waals surface area contributed by atoms with Crippen LogP contribution in [0.4, 0.5) is 0 Å². The van der Waals surface area contributed by atoms with Crippen LogP contribution in [0.5, 0.6) is 0 Å². The van der Waals surface area contributed by atoms with Gasteiger partial charge in [-0.1, -0.05) is 26.0 Å². The van der Waals surface area contributed by atoms with E-state index in [1.807, 2.05) is 40.0 Å². The highest BCUT2D eigenvalue weighted by Crippen LogP contribution is 2.22. The quantitative estimate of drug-likeness (QED) is 0.834. The van der Waals surface area contributed by atoms with E-state index >= 15 is 0 Å². The number of sulfonamides is 1. The molecule has 1 aromatic rings. The number of nitrogens with zero attached hydrogens (tertiary/aromatic N) is 1. The molecule has 0 atom stereocenters. The molecule has 0 aliphatic rings. The van der Waals surface area contributed by atoms with Crippen molar-refractivity contribution in [1.29, 1.82) is 0 Å². The number of rotatable bonds is 7. The van der Waals surface area contributed by atoms with Crippen molar-refractivity contribution in [2.75, 3.05) is 20.1 Å². The Morgan fingerprint density at radius 3 is 2.47 bits per heavy atom. The number of hydrogen-bond acceptors (Lipinski definition) is 3. The zero-order valence-electron chi connectivity index (χ0n) is 12.2. The van der Waals surface area contributed by atoms with Crippen LogP contribution in [-0.4, -0.2) is 32.9 Å². The van der Waals surface area contributed by atoms with Crippen molar-refractivity contribution >= 4 is 10.0 Å². The van der Waals surface area contributed by atoms with Crippen LogP contribution >= 0.6 is 0 Å². The van der Waals surface area contributed by atoms with E-state index < -0.39 is 10.0 Å². The molecule has 0 saturated heterocycles. The van der Waals surface area contributed by atoms with Crippen LogP contribution in [0.25, 0.3) is 0 Å². The van der Waals surface area contributed by atoms with Gasteiger partial charge in [0.05, 0.1) is 4.90 Å². The molecule has 0 unspecified atom stereocenters. The van der Waals surface area contributed by atoms with Crippen molar-refractivity contribution < 1.29 is 8.42 Å². The molecule has 1 aromatic carbocycles. The molecule has 0 radical (unpaired) electrons. The van der Waals surface area contributed by atoms with Crippen LogP contribution in [0.15, 0.2) is 23.1 Å². The summed E-state index contributed by atoms with van der Waals surface area (Å²) >= 11 is 0. The highest BCUT2D eigenvalue weighted by Gasteiger charge is 2.24. The van der Waals surface area contributed by atoms with Gasteiger partial charge in [-0.2, -0.15) is 4.31 Å². The van der Waals surface area contributed by atoms with Gasteiger partial charge in [0, 0.05) is 19.6 Å². The Labute approximate surface area is 116 Å². The van der Waals surface area contributed by atoms with E-state index in [0.29, 0.717) is 24.5 Å². The molecule has 0 aliphatic carbocycles. The Morgan fingerprint density at radius 1 is 1.26 bits per heavy atom. The van der Waals surface area contributed by atoms with Crippen LogP contribution < -0.4 is 5.32 Å². The van der Waals surface area contributed by atoms with E-state index in [1.165, 1.54) is 0 Å². The van der Waals surface area contributed by atoms with Gasteiger partial charge in [-0.3, -0.25) is 0 Å². The highest BCUT2D eigenvalue weighted by atomic mass is 32.2. The Hall–Kier alpha value is -0.910. The first kappa shape index (κ1) is 16.1. The van der Waals surface area contributed by atoms with Crippen LogP contribution in [0.1, 0.15) is 31.4 Å². The molecule has 0 aromatic heterocycles. The van der Waals surface area contributed by atoms with Gasteiger partial charge in [0.2, 0.25) is 10.0 Å². The van der Waals surface area contributed by atoms with Crippen molar-refractivity contribution in [3.8, 4) is 0 Å². The van der Waals surface area contributed by atoms with Gasteiger partial charge < -0.3 is 5.32 Å². The summed E-state index contributed by atoms with van der Waals surface area (Å²) in [6, 6.07) is 5.47. The van der Waals surface area contributed by atoms with Gasteiger partial charge in [-0.25, -0.2) is 8.42 Å². The summed E-state index contributed by atoms with van der Waals surface area (Å²) < 4.78 is 26.8. The fourth-order valence-electron chi connectivity index (χ4n) is 2.16. The molecule has 1 N–H and O–H groups in total. The minimum Gasteiger partial charge on any atom is -0.316 e. The normalized spacial score (nSPS) is 12.1. The van der Waals surface area contributed by atoms with E-state index in [9.17, 15) is 8.42 Å². The van der Waals surface area contributed by atoms with Gasteiger partial charge in [-0.15, -0.1) is 0 Å². The summed E-state index contributed by atoms with van der Waals surface area (Å²) in [7, 11) is -1.52. The number of nitrogens with one attached hydrogen (secondary N) is 1. The Balaban J connectivity index is 3.24. The molecule has 108 valence electrons. The average molecular weight is 284 g/mol. The molecule has 19 heavy (non-hydrogen) atoms. The third-order valence-electron chi connectivity index (χ3n) is 3.21. The molecule has 1 rings (SSSR count). The summed E-state index contributed by atoms with van der Waals surface area (Å²) in [6.07, 6.45) is 0.822. The smallest absolute Gasteiger partial charge is 0.243 e. The van der Waals surface area contributed by atoms with E-state index in [-0.39, 0.29) is 0 Å². The Morgan fingerprint density at radius 2 is 1.95 bits per heavy atom. The second kappa shape index (κ2) is 7.03. The molecule has 0 bridgehead atoms. The summed E-state index contributed by atoms with van der Waals surface area (Å²) in [4.78, 5) is 0.426. The van der Waals surface area contributed by atoms with Crippen LogP contribution in [-0.2, 0) is 16.6 Å². The monoisotopic (exact) mass is 284 g/mol. The van der Waals surface area contributed by atoms with Gasteiger partial charge in [-0.05, 0) is 37.6 Å². The van der Waals surface area contributed by atoms with E-state index in [1.54, 1.807) is 10.4 Å². The largest absolute Gasteiger partial charge is 0.316 e. The lowest BCUT2D eigenvalue weighted by Gasteiger charge is -2.21. The third kappa shape index (κ3) is 3.55. The zero-order chi connectivity index (χ0) is 14.5. The topological polar surface area (TPSA) is 49.4 Å². The van der Waals surface area contributed by atoms with Gasteiger partial charge in [0.1, 0.15) is 0 Å². The molecule has 5 heteroatoms. The maximum atomic E-state index is 12.6. The van der Waals surface area contributed by atoms with Crippen molar-refractivity contribution in [3.05, 3.63) is 29.3 Å². The summed E-state index contributed by atoms with van der Waals surface area (Å²) in [5.74, 6) is 0. The van der Waals surface area contributed by atoms with Crippen LogP contribution in [0, 0.1) is 6.92 Å². The second-order valence-corrected chi connectivity index (χ2v) is 6.47. The first-order valence-electron chi connectivity index (χ1n) is 6.72. The van der Waals surface area contributed by atoms with Crippen LogP contribution in [0.3, 0.4) is 0 Å². The Kier molecular flexibility index (Phi) is 5.97. The summed E-state index contributed by atoms with van der Waals surface area (Å²) in [6.45, 7) is 7.48. The fraction of sp³-hybridized carbons (Fsp3) is 0.571. The zero-order valence-corrected chi connectivity index (χ0v) is 13.0. The van der Waals surface area contributed by atoms with Crippen molar-refractivity contribution in [2.24, 2.45) is 0 Å². The van der Waals surface area contributed by atoms with Crippen LogP contribution in [0.2, 0.25) is 0 Å². The summed E-state index contributed by atoms with van der Waals surface area (Å²) in [5.41, 5.74) is 1.86. The second-order valence-electron chi connectivity index (χ2n) is 4.57. The highest BCUT2D eigenvalue weighted by molar-refractivity contribution is 7.89. The van der Waals surface area contributed by atoms with Gasteiger partial charge >= 0.3 is 0 Å². The average Bonchev–Trinajstić information content (AvgIpc) is 2.38. The van der Waals surface area contributed by atoms with Crippen molar-refractivity contribution in [2.45, 2.75) is 38.6 Å². The molecule has 4 nitrogen and oxygen atoms in total.